The Balaban J connectivity index is 1.78. The standard InChI is InChI=1S/C21H23ClN4O2S/c1-3-6-20-24-25-21(29)26(20)23-13-15-9-10-18(19(12-15)27-4-2)28-14-16-7-5-8-17(22)11-16/h5,7-13H,3-4,6,14H2,1-2H3,(H,25,29)/b23-13-. The molecule has 1 heterocycles. The number of aryl methyl sites for hydroxylation is 1. The second-order valence-corrected chi connectivity index (χ2v) is 7.13. The number of ether oxygens (including phenoxy) is 2. The second kappa shape index (κ2) is 10.2. The molecule has 3 rings (SSSR count). The molecule has 3 aromatic rings. The van der Waals surface area contributed by atoms with E-state index >= 15 is 0 Å². The fraction of sp³-hybridized carbons (Fsp3) is 0.286. The highest BCUT2D eigenvalue weighted by Gasteiger charge is 2.08. The summed E-state index contributed by atoms with van der Waals surface area (Å²) in [7, 11) is 0. The molecule has 0 unspecified atom stereocenters. The van der Waals surface area contributed by atoms with Crippen LogP contribution in [0.15, 0.2) is 47.6 Å². The molecular formula is C21H23ClN4O2S. The Kier molecular flexibility index (Phi) is 7.43. The van der Waals surface area contributed by atoms with Crippen molar-refractivity contribution in [2.24, 2.45) is 5.10 Å². The van der Waals surface area contributed by atoms with E-state index in [4.69, 9.17) is 33.3 Å². The van der Waals surface area contributed by atoms with E-state index in [0.29, 0.717) is 34.5 Å². The number of rotatable bonds is 9. The van der Waals surface area contributed by atoms with E-state index < -0.39 is 0 Å². The monoisotopic (exact) mass is 430 g/mol. The number of nitrogens with zero attached hydrogens (tertiary/aromatic N) is 3. The summed E-state index contributed by atoms with van der Waals surface area (Å²) in [6.07, 6.45) is 3.49. The molecule has 0 aliphatic heterocycles. The first-order valence-electron chi connectivity index (χ1n) is 9.45. The van der Waals surface area contributed by atoms with Gasteiger partial charge in [-0.2, -0.15) is 14.9 Å². The molecule has 0 saturated carbocycles. The van der Waals surface area contributed by atoms with Crippen LogP contribution in [0.4, 0.5) is 0 Å². The number of halogens is 1. The van der Waals surface area contributed by atoms with Crippen LogP contribution in [0.5, 0.6) is 11.5 Å². The molecule has 0 aliphatic carbocycles. The molecule has 1 N–H and O–H groups in total. The van der Waals surface area contributed by atoms with Crippen molar-refractivity contribution in [3.63, 3.8) is 0 Å². The minimum absolute atomic E-state index is 0.401. The number of aromatic nitrogens is 3. The molecule has 0 bridgehead atoms. The Bertz CT molecular complexity index is 1050. The van der Waals surface area contributed by atoms with E-state index in [1.54, 1.807) is 10.9 Å². The van der Waals surface area contributed by atoms with Crippen LogP contribution >= 0.6 is 23.8 Å². The van der Waals surface area contributed by atoms with E-state index in [2.05, 4.69) is 22.2 Å². The van der Waals surface area contributed by atoms with Crippen LogP contribution in [0.2, 0.25) is 5.02 Å². The van der Waals surface area contributed by atoms with E-state index in [0.717, 1.165) is 29.8 Å². The predicted octanol–water partition coefficient (Wildman–Crippen LogP) is 5.41. The highest BCUT2D eigenvalue weighted by molar-refractivity contribution is 7.71. The zero-order chi connectivity index (χ0) is 20.6. The number of nitrogens with one attached hydrogen (secondary N) is 1. The Hall–Kier alpha value is -2.64. The lowest BCUT2D eigenvalue weighted by atomic mass is 10.2. The van der Waals surface area contributed by atoms with Gasteiger partial charge in [-0.25, -0.2) is 0 Å². The number of benzene rings is 2. The molecule has 1 aromatic heterocycles. The Morgan fingerprint density at radius 2 is 2.03 bits per heavy atom. The third-order valence-corrected chi connectivity index (χ3v) is 4.56. The summed E-state index contributed by atoms with van der Waals surface area (Å²) in [5.41, 5.74) is 1.86. The van der Waals surface area contributed by atoms with E-state index in [-0.39, 0.29) is 0 Å². The van der Waals surface area contributed by atoms with E-state index in [1.165, 1.54) is 0 Å². The van der Waals surface area contributed by atoms with Gasteiger partial charge in [-0.15, -0.1) is 0 Å². The lowest BCUT2D eigenvalue weighted by Crippen LogP contribution is -2.01. The summed E-state index contributed by atoms with van der Waals surface area (Å²) in [6, 6.07) is 13.3. The van der Waals surface area contributed by atoms with Gasteiger partial charge in [0.15, 0.2) is 17.3 Å². The van der Waals surface area contributed by atoms with Crippen LogP contribution in [0.1, 0.15) is 37.2 Å². The van der Waals surface area contributed by atoms with Gasteiger partial charge in [0.25, 0.3) is 0 Å². The topological polar surface area (TPSA) is 64.4 Å². The zero-order valence-corrected chi connectivity index (χ0v) is 18.0. The summed E-state index contributed by atoms with van der Waals surface area (Å²) < 4.78 is 13.8. The summed E-state index contributed by atoms with van der Waals surface area (Å²) in [5.74, 6) is 2.12. The van der Waals surface area contributed by atoms with E-state index in [9.17, 15) is 0 Å². The lowest BCUT2D eigenvalue weighted by Gasteiger charge is -2.13. The summed E-state index contributed by atoms with van der Waals surface area (Å²) in [6.45, 7) is 4.95. The average molecular weight is 431 g/mol. The van der Waals surface area contributed by atoms with Crippen molar-refractivity contribution in [3.05, 3.63) is 69.2 Å². The van der Waals surface area contributed by atoms with Gasteiger partial charge >= 0.3 is 0 Å². The molecular weight excluding hydrogens is 408 g/mol. The van der Waals surface area contributed by atoms with Gasteiger partial charge in [0.05, 0.1) is 12.8 Å². The van der Waals surface area contributed by atoms with Gasteiger partial charge < -0.3 is 9.47 Å². The van der Waals surface area contributed by atoms with Gasteiger partial charge in [0.1, 0.15) is 6.61 Å². The minimum Gasteiger partial charge on any atom is -0.490 e. The lowest BCUT2D eigenvalue weighted by molar-refractivity contribution is 0.269. The Morgan fingerprint density at radius 3 is 2.79 bits per heavy atom. The van der Waals surface area contributed by atoms with Crippen molar-refractivity contribution in [3.8, 4) is 11.5 Å². The SMILES string of the molecule is CCCc1n[nH]c(=S)n1/N=C\c1ccc(OCc2cccc(Cl)c2)c(OCC)c1. The summed E-state index contributed by atoms with van der Waals surface area (Å²) in [4.78, 5) is 0. The number of H-pyrrole nitrogens is 1. The number of hydrogen-bond donors (Lipinski definition) is 1. The normalized spacial score (nSPS) is 11.1. The van der Waals surface area contributed by atoms with Crippen molar-refractivity contribution in [2.45, 2.75) is 33.3 Å². The first-order valence-corrected chi connectivity index (χ1v) is 10.2. The van der Waals surface area contributed by atoms with Crippen LogP contribution in [-0.4, -0.2) is 27.7 Å². The number of aromatic amines is 1. The third-order valence-electron chi connectivity index (χ3n) is 4.06. The van der Waals surface area contributed by atoms with Crippen LogP contribution in [-0.2, 0) is 13.0 Å². The Labute approximate surface area is 180 Å². The quantitative estimate of drug-likeness (QED) is 0.364. The van der Waals surface area contributed by atoms with Crippen molar-refractivity contribution < 1.29 is 9.47 Å². The second-order valence-electron chi connectivity index (χ2n) is 6.31. The molecule has 0 spiro atoms. The molecule has 29 heavy (non-hydrogen) atoms. The molecule has 0 saturated heterocycles. The fourth-order valence-corrected chi connectivity index (χ4v) is 3.14. The molecule has 0 radical (unpaired) electrons. The minimum atomic E-state index is 0.401. The van der Waals surface area contributed by atoms with Crippen LogP contribution in [0, 0.1) is 4.77 Å². The first-order chi connectivity index (χ1) is 14.1. The van der Waals surface area contributed by atoms with Crippen molar-refractivity contribution in [1.29, 1.82) is 0 Å². The van der Waals surface area contributed by atoms with Crippen LogP contribution in [0.3, 0.4) is 0 Å². The Morgan fingerprint density at radius 1 is 1.17 bits per heavy atom. The highest BCUT2D eigenvalue weighted by atomic mass is 35.5. The molecule has 8 heteroatoms. The molecule has 0 amide bonds. The molecule has 0 atom stereocenters. The van der Waals surface area contributed by atoms with Gasteiger partial charge in [0, 0.05) is 11.4 Å². The molecule has 2 aromatic carbocycles. The smallest absolute Gasteiger partial charge is 0.216 e. The van der Waals surface area contributed by atoms with Gasteiger partial charge in [-0.1, -0.05) is 30.7 Å². The largest absolute Gasteiger partial charge is 0.490 e. The molecule has 6 nitrogen and oxygen atoms in total. The molecule has 152 valence electrons. The fourth-order valence-electron chi connectivity index (χ4n) is 2.73. The van der Waals surface area contributed by atoms with E-state index in [1.807, 2.05) is 49.4 Å². The van der Waals surface area contributed by atoms with Crippen molar-refractivity contribution >= 4 is 30.0 Å². The van der Waals surface area contributed by atoms with Gasteiger partial charge in [0.2, 0.25) is 4.77 Å². The van der Waals surface area contributed by atoms with Crippen molar-refractivity contribution in [2.75, 3.05) is 6.61 Å². The number of hydrogen-bond acceptors (Lipinski definition) is 5. The maximum absolute atomic E-state index is 6.04. The highest BCUT2D eigenvalue weighted by Crippen LogP contribution is 2.29. The average Bonchev–Trinajstić information content (AvgIpc) is 3.06. The summed E-state index contributed by atoms with van der Waals surface area (Å²) in [5, 5.41) is 12.2. The maximum Gasteiger partial charge on any atom is 0.216 e. The predicted molar refractivity (Wildman–Crippen MR) is 118 cm³/mol. The van der Waals surface area contributed by atoms with Crippen LogP contribution in [0.25, 0.3) is 0 Å². The van der Waals surface area contributed by atoms with Crippen molar-refractivity contribution in [1.82, 2.24) is 14.9 Å². The molecule has 0 aliphatic rings. The maximum atomic E-state index is 6.04. The van der Waals surface area contributed by atoms with Gasteiger partial charge in [-0.3, -0.25) is 5.10 Å². The zero-order valence-electron chi connectivity index (χ0n) is 16.4. The first kappa shape index (κ1) is 21.1. The molecule has 0 fully saturated rings. The van der Waals surface area contributed by atoms with Crippen LogP contribution < -0.4 is 9.47 Å². The summed E-state index contributed by atoms with van der Waals surface area (Å²) >= 11 is 11.3. The van der Waals surface area contributed by atoms with Gasteiger partial charge in [-0.05, 0) is 67.0 Å². The third kappa shape index (κ3) is 5.68.